The normalized spacial score (nSPS) is 23.5. The summed E-state index contributed by atoms with van der Waals surface area (Å²) in [6, 6.07) is 18.4. The van der Waals surface area contributed by atoms with Crippen LogP contribution in [0.2, 0.25) is 5.02 Å². The van der Waals surface area contributed by atoms with E-state index in [4.69, 9.17) is 11.6 Å². The van der Waals surface area contributed by atoms with Crippen molar-refractivity contribution in [1.82, 2.24) is 0 Å². The number of para-hydroxylation sites is 1. The first kappa shape index (κ1) is 15.3. The van der Waals surface area contributed by atoms with E-state index in [0.29, 0.717) is 5.02 Å². The molecule has 2 atom stereocenters. The van der Waals surface area contributed by atoms with Crippen molar-refractivity contribution in [2.24, 2.45) is 5.92 Å². The van der Waals surface area contributed by atoms with Crippen molar-refractivity contribution in [3.05, 3.63) is 59.1 Å². The number of nitrogens with one attached hydrogen (secondary N) is 1. The van der Waals surface area contributed by atoms with E-state index >= 15 is 0 Å². The summed E-state index contributed by atoms with van der Waals surface area (Å²) in [5.74, 6) is 0.198. The standard InChI is InChI=1S/C18H17ClN2S/c1-12(2)18(11-20)17(13-7-9-14(19)10-8-13)21-15-5-3-4-6-16(15)22-18/h3-10,12,17,21H,1-2H3. The molecule has 0 aromatic heterocycles. The largest absolute Gasteiger partial charge is 0.375 e. The molecule has 0 saturated carbocycles. The average Bonchev–Trinajstić information content (AvgIpc) is 2.54. The van der Waals surface area contributed by atoms with Gasteiger partial charge in [-0.3, -0.25) is 0 Å². The van der Waals surface area contributed by atoms with Gasteiger partial charge in [0.15, 0.2) is 0 Å². The highest BCUT2D eigenvalue weighted by molar-refractivity contribution is 8.01. The van der Waals surface area contributed by atoms with E-state index in [0.717, 1.165) is 16.1 Å². The lowest BCUT2D eigenvalue weighted by molar-refractivity contribution is 0.460. The molecule has 0 saturated heterocycles. The molecule has 2 nitrogen and oxygen atoms in total. The molecular weight excluding hydrogens is 312 g/mol. The zero-order valence-corrected chi connectivity index (χ0v) is 14.1. The van der Waals surface area contributed by atoms with Crippen LogP contribution in [0.15, 0.2) is 53.4 Å². The zero-order valence-electron chi connectivity index (χ0n) is 12.5. The molecule has 22 heavy (non-hydrogen) atoms. The number of halogens is 1. The lowest BCUT2D eigenvalue weighted by Gasteiger charge is -2.43. The average molecular weight is 329 g/mol. The third-order valence-corrected chi connectivity index (χ3v) is 6.09. The Morgan fingerprint density at radius 2 is 1.86 bits per heavy atom. The minimum Gasteiger partial charge on any atom is -0.375 e. The fraction of sp³-hybridized carbons (Fsp3) is 0.278. The van der Waals surface area contributed by atoms with E-state index in [2.05, 4.69) is 37.4 Å². The van der Waals surface area contributed by atoms with Crippen molar-refractivity contribution in [1.29, 1.82) is 5.26 Å². The third-order valence-electron chi connectivity index (χ3n) is 4.13. The summed E-state index contributed by atoms with van der Waals surface area (Å²) in [5, 5.41) is 14.3. The highest BCUT2D eigenvalue weighted by Gasteiger charge is 2.47. The van der Waals surface area contributed by atoms with E-state index in [1.54, 1.807) is 11.8 Å². The van der Waals surface area contributed by atoms with Crippen molar-refractivity contribution >= 4 is 29.1 Å². The number of anilines is 1. The van der Waals surface area contributed by atoms with Gasteiger partial charge in [0, 0.05) is 15.6 Å². The Kier molecular flexibility index (Phi) is 4.08. The summed E-state index contributed by atoms with van der Waals surface area (Å²) in [6.07, 6.45) is 0. The Hall–Kier alpha value is -1.63. The Morgan fingerprint density at radius 1 is 1.18 bits per heavy atom. The molecule has 1 aliphatic heterocycles. The molecule has 2 aromatic rings. The molecule has 0 fully saturated rings. The van der Waals surface area contributed by atoms with Crippen molar-refractivity contribution in [2.75, 3.05) is 5.32 Å². The second-order valence-electron chi connectivity index (χ2n) is 5.79. The Bertz CT molecular complexity index is 721. The second kappa shape index (κ2) is 5.87. The molecule has 112 valence electrons. The summed E-state index contributed by atoms with van der Waals surface area (Å²) in [7, 11) is 0. The molecule has 0 spiro atoms. The SMILES string of the molecule is CC(C)C1(C#N)Sc2ccccc2NC1c1ccc(Cl)cc1. The first-order valence-electron chi connectivity index (χ1n) is 7.28. The second-order valence-corrected chi connectivity index (χ2v) is 7.54. The van der Waals surface area contributed by atoms with Crippen LogP contribution in [0.3, 0.4) is 0 Å². The lowest BCUT2D eigenvalue weighted by Crippen LogP contribution is -2.43. The lowest BCUT2D eigenvalue weighted by atomic mass is 9.84. The van der Waals surface area contributed by atoms with Crippen LogP contribution in [0.5, 0.6) is 0 Å². The number of hydrogen-bond acceptors (Lipinski definition) is 3. The highest BCUT2D eigenvalue weighted by Crippen LogP contribution is 2.53. The first-order chi connectivity index (χ1) is 10.6. The zero-order chi connectivity index (χ0) is 15.7. The Morgan fingerprint density at radius 3 is 2.50 bits per heavy atom. The highest BCUT2D eigenvalue weighted by atomic mass is 35.5. The molecular formula is C18H17ClN2S. The van der Waals surface area contributed by atoms with Crippen LogP contribution in [-0.4, -0.2) is 4.75 Å². The molecule has 4 heteroatoms. The predicted octanol–water partition coefficient (Wildman–Crippen LogP) is 5.52. The topological polar surface area (TPSA) is 35.8 Å². The number of nitrogens with zero attached hydrogens (tertiary/aromatic N) is 1. The Labute approximate surface area is 140 Å². The number of nitriles is 1. The third kappa shape index (κ3) is 2.47. The van der Waals surface area contributed by atoms with Gasteiger partial charge < -0.3 is 5.32 Å². The molecule has 0 aliphatic carbocycles. The van der Waals surface area contributed by atoms with Crippen LogP contribution in [0, 0.1) is 17.2 Å². The van der Waals surface area contributed by atoms with Crippen LogP contribution in [0.25, 0.3) is 0 Å². The monoisotopic (exact) mass is 328 g/mol. The van der Waals surface area contributed by atoms with Crippen molar-refractivity contribution < 1.29 is 0 Å². The molecule has 0 radical (unpaired) electrons. The van der Waals surface area contributed by atoms with Gasteiger partial charge >= 0.3 is 0 Å². The molecule has 1 heterocycles. The number of thioether (sulfide) groups is 1. The molecule has 2 aromatic carbocycles. The maximum atomic E-state index is 9.99. The summed E-state index contributed by atoms with van der Waals surface area (Å²) < 4.78 is -0.553. The van der Waals surface area contributed by atoms with E-state index in [9.17, 15) is 5.26 Å². The maximum absolute atomic E-state index is 9.99. The minimum atomic E-state index is -0.553. The van der Waals surface area contributed by atoms with E-state index in [1.807, 2.05) is 36.4 Å². The van der Waals surface area contributed by atoms with Crippen LogP contribution in [0.4, 0.5) is 5.69 Å². The van der Waals surface area contributed by atoms with Gasteiger partial charge in [-0.05, 0) is 35.7 Å². The van der Waals surface area contributed by atoms with Crippen LogP contribution >= 0.6 is 23.4 Å². The van der Waals surface area contributed by atoms with Gasteiger partial charge in [0.25, 0.3) is 0 Å². The van der Waals surface area contributed by atoms with Crippen molar-refractivity contribution in [3.8, 4) is 6.07 Å². The van der Waals surface area contributed by atoms with Crippen LogP contribution in [-0.2, 0) is 0 Å². The van der Waals surface area contributed by atoms with Gasteiger partial charge in [-0.1, -0.05) is 61.5 Å². The van der Waals surface area contributed by atoms with Gasteiger partial charge in [-0.25, -0.2) is 0 Å². The van der Waals surface area contributed by atoms with E-state index < -0.39 is 4.75 Å². The van der Waals surface area contributed by atoms with E-state index in [1.165, 1.54) is 0 Å². The molecule has 0 bridgehead atoms. The predicted molar refractivity (Wildman–Crippen MR) is 93.3 cm³/mol. The molecule has 2 unspecified atom stereocenters. The van der Waals surface area contributed by atoms with Gasteiger partial charge in [0.05, 0.1) is 12.1 Å². The number of hydrogen-bond donors (Lipinski definition) is 1. The van der Waals surface area contributed by atoms with Gasteiger partial charge in [0.2, 0.25) is 0 Å². The fourth-order valence-corrected chi connectivity index (χ4v) is 4.30. The minimum absolute atomic E-state index is 0.0744. The molecule has 1 N–H and O–H groups in total. The quantitative estimate of drug-likeness (QED) is 0.788. The molecule has 0 amide bonds. The maximum Gasteiger partial charge on any atom is 0.133 e. The van der Waals surface area contributed by atoms with E-state index in [-0.39, 0.29) is 12.0 Å². The Balaban J connectivity index is 2.13. The summed E-state index contributed by atoms with van der Waals surface area (Å²) >= 11 is 7.67. The number of rotatable bonds is 2. The number of fused-ring (bicyclic) bond motifs is 1. The summed E-state index contributed by atoms with van der Waals surface area (Å²) in [4.78, 5) is 1.13. The first-order valence-corrected chi connectivity index (χ1v) is 8.47. The van der Waals surface area contributed by atoms with Gasteiger partial charge in [0.1, 0.15) is 4.75 Å². The van der Waals surface area contributed by atoms with Crippen molar-refractivity contribution in [2.45, 2.75) is 29.5 Å². The van der Waals surface area contributed by atoms with Gasteiger partial charge in [-0.2, -0.15) is 5.26 Å². The van der Waals surface area contributed by atoms with Crippen molar-refractivity contribution in [3.63, 3.8) is 0 Å². The van der Waals surface area contributed by atoms with Crippen LogP contribution < -0.4 is 5.32 Å². The molecule has 1 aliphatic rings. The van der Waals surface area contributed by atoms with Crippen LogP contribution in [0.1, 0.15) is 25.5 Å². The summed E-state index contributed by atoms with van der Waals surface area (Å²) in [6.45, 7) is 4.21. The number of benzene rings is 2. The molecule has 3 rings (SSSR count). The fourth-order valence-electron chi connectivity index (χ4n) is 2.83. The summed E-state index contributed by atoms with van der Waals surface area (Å²) in [5.41, 5.74) is 2.17. The smallest absolute Gasteiger partial charge is 0.133 e. The van der Waals surface area contributed by atoms with Gasteiger partial charge in [-0.15, -0.1) is 0 Å².